The Morgan fingerprint density at radius 3 is 1.58 bits per heavy atom. The minimum Gasteiger partial charge on any atom is -0.444 e. The lowest BCUT2D eigenvalue weighted by Gasteiger charge is -2.36. The average molecular weight is 537 g/mol. The highest BCUT2D eigenvalue weighted by Crippen LogP contribution is 2.23. The molecule has 0 aromatic heterocycles. The molecule has 2 saturated heterocycles. The number of likely N-dealkylation sites (tertiary alicyclic amines) is 2. The quantitative estimate of drug-likeness (QED) is 0.499. The molecule has 0 aromatic carbocycles. The first-order valence-electron chi connectivity index (χ1n) is 13.0. The van der Waals surface area contributed by atoms with E-state index in [4.69, 9.17) is 18.8 Å². The molecule has 2 heterocycles. The highest BCUT2D eigenvalue weighted by Gasteiger charge is 2.31. The molecular formula is C25H48N2O8S. The van der Waals surface area contributed by atoms with Gasteiger partial charge in [-0.2, -0.15) is 8.42 Å². The standard InChI is InChI=1S/C13H25NO5S.C12H23NO3/c1-13(2,3)19-12(15)14-9-6-5-7-11(14)8-10-18-20(4,16)17;1-12(2,3)16-11(15)13-8-5-4-6-10(13)7-9-14/h11H,5-10H2,1-4H3;10,14H,4-9H2,1-3H3/t11-;10-/m00/s1. The van der Waals surface area contributed by atoms with E-state index in [1.807, 2.05) is 41.5 Å². The third-order valence-corrected chi connectivity index (χ3v) is 6.32. The van der Waals surface area contributed by atoms with Crippen LogP contribution in [0.15, 0.2) is 0 Å². The van der Waals surface area contributed by atoms with Crippen LogP contribution in [0.4, 0.5) is 9.59 Å². The van der Waals surface area contributed by atoms with Gasteiger partial charge in [-0.15, -0.1) is 0 Å². The Morgan fingerprint density at radius 1 is 0.806 bits per heavy atom. The van der Waals surface area contributed by atoms with Crippen molar-refractivity contribution in [2.45, 2.75) is 116 Å². The van der Waals surface area contributed by atoms with Gasteiger partial charge in [0, 0.05) is 31.8 Å². The normalized spacial score (nSPS) is 21.3. The van der Waals surface area contributed by atoms with Crippen LogP contribution in [0.1, 0.15) is 92.9 Å². The Bertz CT molecular complexity index is 787. The molecule has 0 unspecified atom stereocenters. The first-order chi connectivity index (χ1) is 16.5. The molecule has 2 rings (SSSR count). The molecule has 0 aromatic rings. The molecular weight excluding hydrogens is 488 g/mol. The second-order valence-electron chi connectivity index (χ2n) is 11.5. The van der Waals surface area contributed by atoms with Gasteiger partial charge in [0.05, 0.1) is 12.9 Å². The Labute approximate surface area is 217 Å². The molecule has 10 nitrogen and oxygen atoms in total. The first kappa shape index (κ1) is 32.4. The van der Waals surface area contributed by atoms with Crippen LogP contribution in [0.5, 0.6) is 0 Å². The molecule has 11 heteroatoms. The third-order valence-electron chi connectivity index (χ3n) is 5.72. The lowest BCUT2D eigenvalue weighted by atomic mass is 10.0. The Kier molecular flexibility index (Phi) is 13.0. The summed E-state index contributed by atoms with van der Waals surface area (Å²) in [5.74, 6) is 0. The van der Waals surface area contributed by atoms with Crippen molar-refractivity contribution in [2.75, 3.05) is 32.6 Å². The minimum atomic E-state index is -3.43. The van der Waals surface area contributed by atoms with Crippen molar-refractivity contribution < 1.29 is 36.8 Å². The molecule has 2 atom stereocenters. The summed E-state index contributed by atoms with van der Waals surface area (Å²) in [6, 6.07) is 0.133. The van der Waals surface area contributed by atoms with Crippen molar-refractivity contribution in [1.29, 1.82) is 0 Å². The van der Waals surface area contributed by atoms with Crippen molar-refractivity contribution in [3.05, 3.63) is 0 Å². The number of hydrogen-bond donors (Lipinski definition) is 1. The number of amides is 2. The number of rotatable bonds is 6. The van der Waals surface area contributed by atoms with Crippen LogP contribution in [0.25, 0.3) is 0 Å². The van der Waals surface area contributed by atoms with Crippen molar-refractivity contribution in [2.24, 2.45) is 0 Å². The van der Waals surface area contributed by atoms with Gasteiger partial charge < -0.3 is 24.4 Å². The van der Waals surface area contributed by atoms with Gasteiger partial charge in [-0.3, -0.25) is 4.18 Å². The smallest absolute Gasteiger partial charge is 0.410 e. The zero-order chi connectivity index (χ0) is 27.6. The van der Waals surface area contributed by atoms with E-state index in [1.54, 1.807) is 9.80 Å². The zero-order valence-corrected chi connectivity index (χ0v) is 24.1. The van der Waals surface area contributed by atoms with E-state index < -0.39 is 21.3 Å². The predicted octanol–water partition coefficient (Wildman–Crippen LogP) is 4.30. The van der Waals surface area contributed by atoms with Gasteiger partial charge in [0.2, 0.25) is 0 Å². The van der Waals surface area contributed by atoms with Crippen LogP contribution in [-0.2, 0) is 23.8 Å². The van der Waals surface area contributed by atoms with Crippen LogP contribution < -0.4 is 0 Å². The summed E-state index contributed by atoms with van der Waals surface area (Å²) < 4.78 is 37.4. The second-order valence-corrected chi connectivity index (χ2v) is 13.1. The summed E-state index contributed by atoms with van der Waals surface area (Å²) in [5, 5.41) is 8.97. The summed E-state index contributed by atoms with van der Waals surface area (Å²) in [5.41, 5.74) is -0.972. The molecule has 2 fully saturated rings. The van der Waals surface area contributed by atoms with E-state index in [1.165, 1.54) is 0 Å². The topological polar surface area (TPSA) is 123 Å². The maximum Gasteiger partial charge on any atom is 0.410 e. The van der Waals surface area contributed by atoms with Crippen LogP contribution in [0.2, 0.25) is 0 Å². The molecule has 2 aliphatic rings. The van der Waals surface area contributed by atoms with E-state index in [-0.39, 0.29) is 37.5 Å². The van der Waals surface area contributed by atoms with Gasteiger partial charge >= 0.3 is 12.2 Å². The zero-order valence-electron chi connectivity index (χ0n) is 23.2. The lowest BCUT2D eigenvalue weighted by molar-refractivity contribution is 0.00616. The molecule has 1 N–H and O–H groups in total. The Balaban J connectivity index is 0.000000369. The fraction of sp³-hybridized carbons (Fsp3) is 0.920. The van der Waals surface area contributed by atoms with E-state index in [0.29, 0.717) is 19.4 Å². The number of nitrogens with zero attached hydrogens (tertiary/aromatic N) is 2. The van der Waals surface area contributed by atoms with Crippen molar-refractivity contribution in [3.8, 4) is 0 Å². The Hall–Kier alpha value is -1.59. The average Bonchev–Trinajstić information content (AvgIpc) is 2.72. The fourth-order valence-corrected chi connectivity index (χ4v) is 4.61. The lowest BCUT2D eigenvalue weighted by Crippen LogP contribution is -2.46. The van der Waals surface area contributed by atoms with Gasteiger partial charge in [0.1, 0.15) is 11.2 Å². The molecule has 0 radical (unpaired) electrons. The Morgan fingerprint density at radius 2 is 1.22 bits per heavy atom. The van der Waals surface area contributed by atoms with E-state index in [9.17, 15) is 18.0 Å². The number of ether oxygens (including phenoxy) is 2. The number of hydrogen-bond acceptors (Lipinski definition) is 8. The molecule has 0 spiro atoms. The number of piperidine rings is 2. The molecule has 2 aliphatic heterocycles. The van der Waals surface area contributed by atoms with Gasteiger partial charge in [0.15, 0.2) is 0 Å². The fourth-order valence-electron chi connectivity index (χ4n) is 4.21. The van der Waals surface area contributed by atoms with Crippen molar-refractivity contribution in [3.63, 3.8) is 0 Å². The van der Waals surface area contributed by atoms with Gasteiger partial charge in [-0.05, 0) is 92.9 Å². The molecule has 2 amide bonds. The minimum absolute atomic E-state index is 0.0136. The molecule has 36 heavy (non-hydrogen) atoms. The highest BCUT2D eigenvalue weighted by atomic mass is 32.2. The SMILES string of the molecule is CC(C)(C)OC(=O)N1CCCC[C@H]1CCO.CC(C)(C)OC(=O)N1CCCC[C@H]1CCOS(C)(=O)=O. The van der Waals surface area contributed by atoms with Crippen LogP contribution >= 0.6 is 0 Å². The summed E-state index contributed by atoms with van der Waals surface area (Å²) >= 11 is 0. The maximum absolute atomic E-state index is 12.1. The second kappa shape index (κ2) is 14.4. The van der Waals surface area contributed by atoms with E-state index in [0.717, 1.165) is 51.3 Å². The largest absolute Gasteiger partial charge is 0.444 e. The molecule has 212 valence electrons. The summed E-state index contributed by atoms with van der Waals surface area (Å²) in [6.45, 7) is 12.7. The van der Waals surface area contributed by atoms with E-state index in [2.05, 4.69) is 0 Å². The van der Waals surface area contributed by atoms with Crippen molar-refractivity contribution in [1.82, 2.24) is 9.80 Å². The highest BCUT2D eigenvalue weighted by molar-refractivity contribution is 7.85. The maximum atomic E-state index is 12.1. The third kappa shape index (κ3) is 13.6. The summed E-state index contributed by atoms with van der Waals surface area (Å²) in [4.78, 5) is 27.5. The summed E-state index contributed by atoms with van der Waals surface area (Å²) in [7, 11) is -3.43. The molecule has 0 saturated carbocycles. The number of aliphatic hydroxyl groups excluding tert-OH is 1. The number of aliphatic hydroxyl groups is 1. The predicted molar refractivity (Wildman–Crippen MR) is 138 cm³/mol. The van der Waals surface area contributed by atoms with Crippen molar-refractivity contribution >= 4 is 22.3 Å². The number of carbonyl (C=O) groups is 2. The molecule has 0 bridgehead atoms. The summed E-state index contributed by atoms with van der Waals surface area (Å²) in [6.07, 6.45) is 7.57. The van der Waals surface area contributed by atoms with Gasteiger partial charge in [-0.25, -0.2) is 9.59 Å². The number of carbonyl (C=O) groups excluding carboxylic acids is 2. The van der Waals surface area contributed by atoms with Crippen LogP contribution in [0.3, 0.4) is 0 Å². The van der Waals surface area contributed by atoms with E-state index >= 15 is 0 Å². The first-order valence-corrected chi connectivity index (χ1v) is 14.8. The molecule has 0 aliphatic carbocycles. The van der Waals surface area contributed by atoms with Gasteiger partial charge in [-0.1, -0.05) is 0 Å². The van der Waals surface area contributed by atoms with Gasteiger partial charge in [0.25, 0.3) is 10.1 Å². The monoisotopic (exact) mass is 536 g/mol. The van der Waals surface area contributed by atoms with Crippen LogP contribution in [-0.4, -0.2) is 91.4 Å². The van der Waals surface area contributed by atoms with Crippen LogP contribution in [0, 0.1) is 0 Å².